The van der Waals surface area contributed by atoms with Crippen LogP contribution < -0.4 is 15.1 Å². The summed E-state index contributed by atoms with van der Waals surface area (Å²) in [6.45, 7) is 6.72. The minimum absolute atomic E-state index is 0.0355. The number of hydrogen-bond acceptors (Lipinski definition) is 4. The molecule has 1 saturated heterocycles. The normalized spacial score (nSPS) is 24.2. The van der Waals surface area contributed by atoms with Crippen LogP contribution in [-0.4, -0.2) is 48.3 Å². The molecule has 0 saturated carbocycles. The van der Waals surface area contributed by atoms with Crippen molar-refractivity contribution in [3.63, 3.8) is 0 Å². The van der Waals surface area contributed by atoms with Crippen LogP contribution in [0.15, 0.2) is 36.7 Å². The summed E-state index contributed by atoms with van der Waals surface area (Å²) in [7, 11) is 0. The third-order valence-electron chi connectivity index (χ3n) is 5.79. The zero-order chi connectivity index (χ0) is 20.5. The molecule has 2 aromatic rings. The fourth-order valence-corrected chi connectivity index (χ4v) is 4.24. The van der Waals surface area contributed by atoms with E-state index in [2.05, 4.69) is 17.2 Å². The van der Waals surface area contributed by atoms with Gasteiger partial charge in [-0.1, -0.05) is 6.07 Å². The number of rotatable bonds is 2. The maximum atomic E-state index is 13.1. The maximum Gasteiger partial charge on any atom is 0.414 e. The van der Waals surface area contributed by atoms with Crippen molar-refractivity contribution in [2.75, 3.05) is 22.9 Å². The van der Waals surface area contributed by atoms with Gasteiger partial charge < -0.3 is 19.9 Å². The molecule has 29 heavy (non-hydrogen) atoms. The van der Waals surface area contributed by atoms with E-state index < -0.39 is 0 Å². The Hall–Kier alpha value is -2.80. The summed E-state index contributed by atoms with van der Waals surface area (Å²) in [5, 5.41) is 3.37. The van der Waals surface area contributed by atoms with E-state index in [0.29, 0.717) is 24.8 Å². The average molecular weight is 396 g/mol. The first-order valence-corrected chi connectivity index (χ1v) is 10.2. The van der Waals surface area contributed by atoms with Crippen molar-refractivity contribution < 1.29 is 14.3 Å². The lowest BCUT2D eigenvalue weighted by atomic mass is 10.0. The van der Waals surface area contributed by atoms with Crippen molar-refractivity contribution in [1.29, 1.82) is 0 Å². The molecule has 3 atom stereocenters. The second kappa shape index (κ2) is 7.91. The number of ether oxygens (including phenoxy) is 1. The number of fused-ring (bicyclic) bond motifs is 1. The quantitative estimate of drug-likeness (QED) is 0.814. The van der Waals surface area contributed by atoms with Crippen LogP contribution in [0.5, 0.6) is 0 Å². The van der Waals surface area contributed by atoms with Gasteiger partial charge in [0.1, 0.15) is 6.10 Å². The fourth-order valence-electron chi connectivity index (χ4n) is 4.24. The number of anilines is 2. The number of aromatic nitrogens is 1. The molecule has 2 N–H and O–H groups in total. The molecule has 1 fully saturated rings. The Kier molecular flexibility index (Phi) is 5.32. The first-order chi connectivity index (χ1) is 13.9. The molecule has 0 aliphatic carbocycles. The van der Waals surface area contributed by atoms with E-state index in [-0.39, 0.29) is 24.1 Å². The highest BCUT2D eigenvalue weighted by atomic mass is 16.6. The predicted octanol–water partition coefficient (Wildman–Crippen LogP) is 3.52. The number of piperidine rings is 1. The molecule has 0 bridgehead atoms. The van der Waals surface area contributed by atoms with Crippen LogP contribution in [0, 0.1) is 0 Å². The minimum Gasteiger partial charge on any atom is -0.444 e. The number of aromatic amines is 1. The number of carbonyl (C=O) groups excluding carboxylic acids is 2. The molecule has 0 radical (unpaired) electrons. The van der Waals surface area contributed by atoms with Gasteiger partial charge in [0.25, 0.3) is 0 Å². The highest BCUT2D eigenvalue weighted by molar-refractivity contribution is 6.03. The van der Waals surface area contributed by atoms with Gasteiger partial charge in [-0.2, -0.15) is 0 Å². The molecule has 1 aromatic heterocycles. The maximum absolute atomic E-state index is 13.1. The summed E-state index contributed by atoms with van der Waals surface area (Å²) in [6, 6.07) is 8.16. The summed E-state index contributed by atoms with van der Waals surface area (Å²) in [5.74, 6) is -0.0355. The molecule has 2 aliphatic rings. The molecular formula is C22H28N4O3. The van der Waals surface area contributed by atoms with Crippen molar-refractivity contribution in [2.24, 2.45) is 0 Å². The smallest absolute Gasteiger partial charge is 0.414 e. The number of benzene rings is 1. The zero-order valence-corrected chi connectivity index (χ0v) is 17.1. The lowest BCUT2D eigenvalue weighted by molar-refractivity contribution is -0.117. The number of H-pyrrole nitrogens is 1. The Morgan fingerprint density at radius 3 is 2.59 bits per heavy atom. The van der Waals surface area contributed by atoms with Crippen LogP contribution in [0.25, 0.3) is 11.1 Å². The molecule has 4 rings (SSSR count). The van der Waals surface area contributed by atoms with Gasteiger partial charge in [0.05, 0.1) is 17.4 Å². The van der Waals surface area contributed by atoms with Crippen LogP contribution in [0.2, 0.25) is 0 Å². The molecular weight excluding hydrogens is 368 g/mol. The Labute approximate surface area is 171 Å². The molecule has 2 aliphatic heterocycles. The van der Waals surface area contributed by atoms with Crippen LogP contribution >= 0.6 is 0 Å². The molecule has 154 valence electrons. The molecule has 1 aromatic carbocycles. The number of carbonyl (C=O) groups is 2. The molecule has 2 unspecified atom stereocenters. The van der Waals surface area contributed by atoms with Gasteiger partial charge >= 0.3 is 6.09 Å². The van der Waals surface area contributed by atoms with E-state index in [1.807, 2.05) is 43.6 Å². The number of hydrogen-bond donors (Lipinski definition) is 2. The highest BCUT2D eigenvalue weighted by Gasteiger charge is 2.35. The number of amides is 2. The number of nitrogens with zero attached hydrogens (tertiary/aromatic N) is 2. The lowest BCUT2D eigenvalue weighted by Gasteiger charge is -2.41. The summed E-state index contributed by atoms with van der Waals surface area (Å²) in [4.78, 5) is 31.9. The van der Waals surface area contributed by atoms with E-state index in [0.717, 1.165) is 29.7 Å². The highest BCUT2D eigenvalue weighted by Crippen LogP contribution is 2.39. The van der Waals surface area contributed by atoms with Crippen molar-refractivity contribution >= 4 is 23.4 Å². The van der Waals surface area contributed by atoms with Gasteiger partial charge in [0.15, 0.2) is 0 Å². The molecule has 7 nitrogen and oxygen atoms in total. The Balaban J connectivity index is 1.65. The first-order valence-electron chi connectivity index (χ1n) is 10.2. The van der Waals surface area contributed by atoms with E-state index in [1.54, 1.807) is 16.7 Å². The Bertz CT molecular complexity index is 887. The largest absolute Gasteiger partial charge is 0.444 e. The summed E-state index contributed by atoms with van der Waals surface area (Å²) >= 11 is 0. The van der Waals surface area contributed by atoms with Gasteiger partial charge in [-0.15, -0.1) is 0 Å². The second-order valence-electron chi connectivity index (χ2n) is 8.04. The van der Waals surface area contributed by atoms with Crippen LogP contribution in [0.3, 0.4) is 0 Å². The summed E-state index contributed by atoms with van der Waals surface area (Å²) in [5.41, 5.74) is 3.45. The first kappa shape index (κ1) is 19.5. The molecule has 3 heterocycles. The van der Waals surface area contributed by atoms with Gasteiger partial charge in [0, 0.05) is 38.4 Å². The van der Waals surface area contributed by atoms with Crippen LogP contribution in [0.1, 0.15) is 33.6 Å². The second-order valence-corrected chi connectivity index (χ2v) is 8.04. The minimum atomic E-state index is -0.353. The molecule has 2 amide bonds. The fraction of sp³-hybridized carbons (Fsp3) is 0.455. The molecule has 7 heteroatoms. The molecule has 0 spiro atoms. The predicted molar refractivity (Wildman–Crippen MR) is 113 cm³/mol. The van der Waals surface area contributed by atoms with Crippen molar-refractivity contribution in [3.8, 4) is 11.1 Å². The van der Waals surface area contributed by atoms with E-state index in [1.165, 1.54) is 0 Å². The van der Waals surface area contributed by atoms with Crippen LogP contribution in [-0.2, 0) is 9.53 Å². The van der Waals surface area contributed by atoms with E-state index in [4.69, 9.17) is 4.74 Å². The van der Waals surface area contributed by atoms with Crippen molar-refractivity contribution in [2.45, 2.75) is 51.8 Å². The third kappa shape index (κ3) is 3.87. The zero-order valence-electron chi connectivity index (χ0n) is 17.1. The number of nitrogens with one attached hydrogen (secondary N) is 2. The topological polar surface area (TPSA) is 77.7 Å². The summed E-state index contributed by atoms with van der Waals surface area (Å²) in [6.07, 6.45) is 5.14. The SMILES string of the molecule is CC(=O)N1c2ccc(-c3cc[nH]c3)cc2N(C(=O)OC2CCC(C)NC2)C[C@@H]1C. The van der Waals surface area contributed by atoms with E-state index >= 15 is 0 Å². The Morgan fingerprint density at radius 1 is 1.10 bits per heavy atom. The van der Waals surface area contributed by atoms with Crippen molar-refractivity contribution in [3.05, 3.63) is 36.7 Å². The van der Waals surface area contributed by atoms with Crippen LogP contribution in [0.4, 0.5) is 16.2 Å². The van der Waals surface area contributed by atoms with Gasteiger partial charge in [0.2, 0.25) is 5.91 Å². The summed E-state index contributed by atoms with van der Waals surface area (Å²) < 4.78 is 5.83. The van der Waals surface area contributed by atoms with Gasteiger partial charge in [-0.05, 0) is 56.0 Å². The monoisotopic (exact) mass is 396 g/mol. The van der Waals surface area contributed by atoms with Gasteiger partial charge in [-0.25, -0.2) is 4.79 Å². The average Bonchev–Trinajstić information content (AvgIpc) is 3.23. The Morgan fingerprint density at radius 2 is 1.93 bits per heavy atom. The van der Waals surface area contributed by atoms with Gasteiger partial charge in [-0.3, -0.25) is 9.69 Å². The third-order valence-corrected chi connectivity index (χ3v) is 5.79. The lowest BCUT2D eigenvalue weighted by Crippen LogP contribution is -2.52. The van der Waals surface area contributed by atoms with E-state index in [9.17, 15) is 9.59 Å². The van der Waals surface area contributed by atoms with Crippen molar-refractivity contribution in [1.82, 2.24) is 10.3 Å². The standard InChI is InChI=1S/C22H28N4O3/c1-14-4-6-19(12-24-14)29-22(28)25-13-15(2)26(16(3)27)20-7-5-17(10-21(20)25)18-8-9-23-11-18/h5,7-11,14-15,19,23-24H,4,6,12-13H2,1-3H3/t14?,15-,19?/m0/s1.